The Morgan fingerprint density at radius 2 is 2.04 bits per heavy atom. The summed E-state index contributed by atoms with van der Waals surface area (Å²) in [4.78, 5) is 18.5. The molecule has 1 aliphatic rings. The van der Waals surface area contributed by atoms with E-state index in [-0.39, 0.29) is 0 Å². The molecule has 0 N–H and O–H groups in total. The fourth-order valence-corrected chi connectivity index (χ4v) is 3.23. The van der Waals surface area contributed by atoms with Crippen molar-refractivity contribution < 1.29 is 0 Å². The van der Waals surface area contributed by atoms with E-state index in [9.17, 15) is 0 Å². The summed E-state index contributed by atoms with van der Waals surface area (Å²) >= 11 is 0. The van der Waals surface area contributed by atoms with Gasteiger partial charge in [-0.15, -0.1) is 0 Å². The van der Waals surface area contributed by atoms with Gasteiger partial charge < -0.3 is 4.90 Å². The Morgan fingerprint density at radius 1 is 1.17 bits per heavy atom. The molecular formula is C18H25N5. The number of aromatic nitrogens is 3. The molecule has 1 aliphatic heterocycles. The lowest BCUT2D eigenvalue weighted by molar-refractivity contribution is 0.240. The van der Waals surface area contributed by atoms with Gasteiger partial charge in [-0.3, -0.25) is 19.9 Å². The van der Waals surface area contributed by atoms with E-state index in [4.69, 9.17) is 4.98 Å². The van der Waals surface area contributed by atoms with E-state index >= 15 is 0 Å². The molecule has 5 nitrogen and oxygen atoms in total. The largest absolute Gasteiger partial charge is 0.304 e. The van der Waals surface area contributed by atoms with Crippen molar-refractivity contribution in [1.82, 2.24) is 24.8 Å². The predicted molar refractivity (Wildman–Crippen MR) is 90.8 cm³/mol. The third-order valence-corrected chi connectivity index (χ3v) is 4.20. The predicted octanol–water partition coefficient (Wildman–Crippen LogP) is 2.58. The summed E-state index contributed by atoms with van der Waals surface area (Å²) in [5, 5.41) is 0. The smallest absolute Gasteiger partial charge is 0.0762 e. The molecule has 3 rings (SSSR count). The number of hydrogen-bond donors (Lipinski definition) is 0. The van der Waals surface area contributed by atoms with Gasteiger partial charge in [0.2, 0.25) is 0 Å². The molecule has 3 heterocycles. The number of aryl methyl sites for hydroxylation is 1. The zero-order valence-electron chi connectivity index (χ0n) is 14.2. The van der Waals surface area contributed by atoms with E-state index in [1.807, 2.05) is 25.4 Å². The summed E-state index contributed by atoms with van der Waals surface area (Å²) in [6.45, 7) is 4.85. The molecule has 0 amide bonds. The molecule has 5 heteroatoms. The van der Waals surface area contributed by atoms with Crippen molar-refractivity contribution in [2.45, 2.75) is 38.9 Å². The normalized spacial score (nSPS) is 18.7. The Bertz CT molecular complexity index is 655. The van der Waals surface area contributed by atoms with Crippen LogP contribution in [0.5, 0.6) is 0 Å². The topological polar surface area (TPSA) is 45.2 Å². The lowest BCUT2D eigenvalue weighted by Gasteiger charge is -2.24. The molecule has 0 saturated carbocycles. The maximum Gasteiger partial charge on any atom is 0.0762 e. The Labute approximate surface area is 138 Å². The molecule has 1 fully saturated rings. The van der Waals surface area contributed by atoms with Gasteiger partial charge in [-0.05, 0) is 52.5 Å². The number of hydrogen-bond acceptors (Lipinski definition) is 5. The zero-order valence-corrected chi connectivity index (χ0v) is 14.2. The quantitative estimate of drug-likeness (QED) is 0.849. The van der Waals surface area contributed by atoms with Gasteiger partial charge in [0.25, 0.3) is 0 Å². The highest BCUT2D eigenvalue weighted by Gasteiger charge is 2.27. The highest BCUT2D eigenvalue weighted by molar-refractivity contribution is 5.13. The number of nitrogens with zero attached hydrogens (tertiary/aromatic N) is 5. The standard InChI is InChI=1S/C18H25N5/c1-14-6-4-7-15(20-14)13-23-9-5-8-18(23)17-11-19-10-16(21-17)12-22(2)3/h4,6-7,10-11,18H,5,8-9,12-13H2,1-3H3/t18-/m0/s1. The van der Waals surface area contributed by atoms with E-state index in [1.54, 1.807) is 0 Å². The van der Waals surface area contributed by atoms with Crippen LogP contribution < -0.4 is 0 Å². The third kappa shape index (κ3) is 4.12. The first-order chi connectivity index (χ1) is 11.1. The first kappa shape index (κ1) is 16.0. The van der Waals surface area contributed by atoms with Crippen LogP contribution in [0.2, 0.25) is 0 Å². The Hall–Kier alpha value is -1.85. The first-order valence-electron chi connectivity index (χ1n) is 8.24. The van der Waals surface area contributed by atoms with Crippen LogP contribution in [0.4, 0.5) is 0 Å². The van der Waals surface area contributed by atoms with Gasteiger partial charge in [0, 0.05) is 31.2 Å². The van der Waals surface area contributed by atoms with Crippen molar-refractivity contribution in [3.05, 3.63) is 53.4 Å². The van der Waals surface area contributed by atoms with E-state index in [1.165, 1.54) is 6.42 Å². The van der Waals surface area contributed by atoms with Crippen LogP contribution in [0, 0.1) is 6.92 Å². The second-order valence-corrected chi connectivity index (χ2v) is 6.57. The molecular weight excluding hydrogens is 286 g/mol. The van der Waals surface area contributed by atoms with Gasteiger partial charge in [0.15, 0.2) is 0 Å². The fraction of sp³-hybridized carbons (Fsp3) is 0.500. The van der Waals surface area contributed by atoms with Crippen molar-refractivity contribution >= 4 is 0 Å². The van der Waals surface area contributed by atoms with Crippen LogP contribution in [0.3, 0.4) is 0 Å². The van der Waals surface area contributed by atoms with Crippen molar-refractivity contribution in [3.63, 3.8) is 0 Å². The van der Waals surface area contributed by atoms with E-state index in [0.29, 0.717) is 6.04 Å². The summed E-state index contributed by atoms with van der Waals surface area (Å²) in [5.41, 5.74) is 4.34. The highest BCUT2D eigenvalue weighted by atomic mass is 15.2. The monoisotopic (exact) mass is 311 g/mol. The first-order valence-corrected chi connectivity index (χ1v) is 8.24. The number of pyridine rings is 1. The van der Waals surface area contributed by atoms with Crippen LogP contribution >= 0.6 is 0 Å². The van der Waals surface area contributed by atoms with E-state index in [2.05, 4.69) is 46.0 Å². The summed E-state index contributed by atoms with van der Waals surface area (Å²) in [7, 11) is 4.11. The Kier molecular flexibility index (Phi) is 4.98. The van der Waals surface area contributed by atoms with Gasteiger partial charge in [-0.25, -0.2) is 0 Å². The molecule has 0 bridgehead atoms. The van der Waals surface area contributed by atoms with Gasteiger partial charge in [-0.2, -0.15) is 0 Å². The second-order valence-electron chi connectivity index (χ2n) is 6.57. The average molecular weight is 311 g/mol. The molecule has 2 aromatic rings. The second kappa shape index (κ2) is 7.15. The van der Waals surface area contributed by atoms with Crippen molar-refractivity contribution in [2.24, 2.45) is 0 Å². The van der Waals surface area contributed by atoms with Crippen LogP contribution in [0.25, 0.3) is 0 Å². The molecule has 2 aromatic heterocycles. The van der Waals surface area contributed by atoms with Gasteiger partial charge in [0.1, 0.15) is 0 Å². The van der Waals surface area contributed by atoms with Crippen LogP contribution in [-0.2, 0) is 13.1 Å². The average Bonchev–Trinajstić information content (AvgIpc) is 2.95. The van der Waals surface area contributed by atoms with Crippen LogP contribution in [0.1, 0.15) is 41.7 Å². The zero-order chi connectivity index (χ0) is 16.2. The maximum absolute atomic E-state index is 4.84. The summed E-state index contributed by atoms with van der Waals surface area (Å²) in [5.74, 6) is 0. The minimum atomic E-state index is 0.354. The molecule has 0 radical (unpaired) electrons. The lowest BCUT2D eigenvalue weighted by atomic mass is 10.1. The van der Waals surface area contributed by atoms with Gasteiger partial charge in [0.05, 0.1) is 23.1 Å². The van der Waals surface area contributed by atoms with Crippen LogP contribution in [0.15, 0.2) is 30.6 Å². The molecule has 0 spiro atoms. The third-order valence-electron chi connectivity index (χ3n) is 4.20. The Morgan fingerprint density at radius 3 is 2.83 bits per heavy atom. The van der Waals surface area contributed by atoms with Crippen molar-refractivity contribution in [1.29, 1.82) is 0 Å². The molecule has 23 heavy (non-hydrogen) atoms. The number of likely N-dealkylation sites (tertiary alicyclic amines) is 1. The van der Waals surface area contributed by atoms with Crippen molar-refractivity contribution in [3.8, 4) is 0 Å². The molecule has 0 unspecified atom stereocenters. The fourth-order valence-electron chi connectivity index (χ4n) is 3.23. The molecule has 1 atom stereocenters. The lowest BCUT2D eigenvalue weighted by Crippen LogP contribution is -2.24. The Balaban J connectivity index is 1.76. The summed E-state index contributed by atoms with van der Waals surface area (Å²) < 4.78 is 0. The van der Waals surface area contributed by atoms with Crippen LogP contribution in [-0.4, -0.2) is 45.4 Å². The molecule has 1 saturated heterocycles. The minimum absolute atomic E-state index is 0.354. The van der Waals surface area contributed by atoms with E-state index in [0.717, 1.165) is 48.8 Å². The SMILES string of the molecule is Cc1cccc(CN2CCC[C@H]2c2cncc(CN(C)C)n2)n1. The molecule has 122 valence electrons. The van der Waals surface area contributed by atoms with Gasteiger partial charge in [-0.1, -0.05) is 6.07 Å². The summed E-state index contributed by atoms with van der Waals surface area (Å²) in [6, 6.07) is 6.59. The van der Waals surface area contributed by atoms with Crippen molar-refractivity contribution in [2.75, 3.05) is 20.6 Å². The number of rotatable bonds is 5. The van der Waals surface area contributed by atoms with E-state index < -0.39 is 0 Å². The minimum Gasteiger partial charge on any atom is -0.304 e. The molecule has 0 aliphatic carbocycles. The summed E-state index contributed by atoms with van der Waals surface area (Å²) in [6.07, 6.45) is 6.14. The van der Waals surface area contributed by atoms with Gasteiger partial charge >= 0.3 is 0 Å². The highest BCUT2D eigenvalue weighted by Crippen LogP contribution is 2.31. The molecule has 0 aromatic carbocycles. The maximum atomic E-state index is 4.84.